The molecule has 0 N–H and O–H groups in total. The normalized spacial score (nSPS) is 33.3. The van der Waals surface area contributed by atoms with Crippen molar-refractivity contribution in [2.45, 2.75) is 39.5 Å². The van der Waals surface area contributed by atoms with E-state index < -0.39 is 0 Å². The average Bonchev–Trinajstić information content (AvgIpc) is 2.40. The van der Waals surface area contributed by atoms with Gasteiger partial charge in [0.1, 0.15) is 0 Å². The van der Waals surface area contributed by atoms with Crippen LogP contribution in [0, 0.1) is 23.2 Å². The highest BCUT2D eigenvalue weighted by Gasteiger charge is 2.53. The Morgan fingerprint density at radius 1 is 1.17 bits per heavy atom. The Morgan fingerprint density at radius 3 is 2.61 bits per heavy atom. The van der Waals surface area contributed by atoms with Gasteiger partial charge in [-0.25, -0.2) is 0 Å². The van der Waals surface area contributed by atoms with Gasteiger partial charge in [-0.2, -0.15) is 0 Å². The average molecular weight is 240 g/mol. The first-order valence-corrected chi connectivity index (χ1v) is 7.39. The van der Waals surface area contributed by atoms with E-state index in [9.17, 15) is 0 Å². The van der Waals surface area contributed by atoms with Crippen LogP contribution in [0.3, 0.4) is 0 Å². The predicted octanol–water partition coefficient (Wildman–Crippen LogP) is 5.16. The molecule has 3 saturated carbocycles. The van der Waals surface area contributed by atoms with E-state index in [0.29, 0.717) is 5.41 Å². The third-order valence-corrected chi connectivity index (χ3v) is 5.55. The van der Waals surface area contributed by atoms with Crippen LogP contribution < -0.4 is 0 Å². The maximum Gasteiger partial charge on any atom is -0.0260 e. The fraction of sp³-hybridized carbons (Fsp3) is 0.556. The van der Waals surface area contributed by atoms with E-state index in [2.05, 4.69) is 56.3 Å². The Kier molecular flexibility index (Phi) is 3.05. The Balaban J connectivity index is 1.59. The van der Waals surface area contributed by atoms with E-state index in [1.54, 1.807) is 0 Å². The highest BCUT2D eigenvalue weighted by atomic mass is 14.6. The lowest BCUT2D eigenvalue weighted by Gasteiger charge is -2.60. The van der Waals surface area contributed by atoms with Crippen LogP contribution in [0.15, 0.2) is 36.4 Å². The van der Waals surface area contributed by atoms with Crippen LogP contribution in [0.2, 0.25) is 0 Å². The lowest BCUT2D eigenvalue weighted by atomic mass is 9.45. The van der Waals surface area contributed by atoms with Crippen LogP contribution in [0.25, 0.3) is 6.08 Å². The van der Waals surface area contributed by atoms with Gasteiger partial charge in [0.2, 0.25) is 0 Å². The van der Waals surface area contributed by atoms with Crippen molar-refractivity contribution in [2.75, 3.05) is 0 Å². The molecule has 4 rings (SSSR count). The lowest BCUT2D eigenvalue weighted by Crippen LogP contribution is -2.52. The Hall–Kier alpha value is -1.04. The summed E-state index contributed by atoms with van der Waals surface area (Å²) < 4.78 is 0. The van der Waals surface area contributed by atoms with Crippen LogP contribution >= 0.6 is 0 Å². The van der Waals surface area contributed by atoms with E-state index in [1.165, 1.54) is 31.2 Å². The van der Waals surface area contributed by atoms with Crippen molar-refractivity contribution in [3.8, 4) is 0 Å². The second-order valence-corrected chi connectivity index (χ2v) is 6.75. The van der Waals surface area contributed by atoms with E-state index >= 15 is 0 Å². The summed E-state index contributed by atoms with van der Waals surface area (Å²) in [4.78, 5) is 0. The van der Waals surface area contributed by atoms with Gasteiger partial charge in [-0.1, -0.05) is 56.3 Å². The van der Waals surface area contributed by atoms with Crippen molar-refractivity contribution in [3.63, 3.8) is 0 Å². The van der Waals surface area contributed by atoms with E-state index in [-0.39, 0.29) is 0 Å². The Morgan fingerprint density at radius 2 is 1.94 bits per heavy atom. The summed E-state index contributed by atoms with van der Waals surface area (Å²) in [5, 5.41) is 0. The number of fused-ring (bicyclic) bond motifs is 2. The predicted molar refractivity (Wildman–Crippen MR) is 78.2 cm³/mol. The number of hydrogen-bond acceptors (Lipinski definition) is 0. The molecule has 3 atom stereocenters. The molecule has 0 heteroatoms. The molecule has 0 amide bonds. The van der Waals surface area contributed by atoms with Crippen LogP contribution in [0.5, 0.6) is 0 Å². The summed E-state index contributed by atoms with van der Waals surface area (Å²) >= 11 is 0. The topological polar surface area (TPSA) is 0 Å². The standard InChI is InChI=1S/C18H24/c1-18(2)16-12-11-15(17(18)13-16)10-6-9-14-7-4-3-5-8-14/h3-9,15-17H,10-13H2,1-2H3/b9-6+/t15?,16-,17-/m0/s1. The van der Waals surface area contributed by atoms with Crippen LogP contribution in [0.4, 0.5) is 0 Å². The van der Waals surface area contributed by atoms with Crippen molar-refractivity contribution in [3.05, 3.63) is 42.0 Å². The molecule has 1 aromatic rings. The van der Waals surface area contributed by atoms with Gasteiger partial charge in [-0.3, -0.25) is 0 Å². The SMILES string of the molecule is CC1(C)[C@H]2CCC(C/C=C/c3ccccc3)[C@@H]1C2. The summed E-state index contributed by atoms with van der Waals surface area (Å²) in [7, 11) is 0. The van der Waals surface area contributed by atoms with Gasteiger partial charge in [0.05, 0.1) is 0 Å². The van der Waals surface area contributed by atoms with Crippen molar-refractivity contribution in [2.24, 2.45) is 23.2 Å². The van der Waals surface area contributed by atoms with Gasteiger partial charge < -0.3 is 0 Å². The molecule has 1 aromatic carbocycles. The third kappa shape index (κ3) is 2.02. The minimum atomic E-state index is 0.628. The molecule has 3 aliphatic carbocycles. The van der Waals surface area contributed by atoms with E-state index in [4.69, 9.17) is 0 Å². The smallest absolute Gasteiger partial charge is 0.0260 e. The van der Waals surface area contributed by atoms with Crippen molar-refractivity contribution in [1.29, 1.82) is 0 Å². The van der Waals surface area contributed by atoms with Crippen molar-refractivity contribution >= 4 is 6.08 Å². The zero-order chi connectivity index (χ0) is 12.6. The summed E-state index contributed by atoms with van der Waals surface area (Å²) in [6.45, 7) is 4.97. The molecule has 2 bridgehead atoms. The van der Waals surface area contributed by atoms with E-state index in [1.807, 2.05) is 0 Å². The number of hydrogen-bond donors (Lipinski definition) is 0. The molecule has 0 spiro atoms. The summed E-state index contributed by atoms with van der Waals surface area (Å²) in [5.74, 6) is 2.94. The van der Waals surface area contributed by atoms with Crippen LogP contribution in [0.1, 0.15) is 45.1 Å². The third-order valence-electron chi connectivity index (χ3n) is 5.55. The van der Waals surface area contributed by atoms with E-state index in [0.717, 1.165) is 17.8 Å². The van der Waals surface area contributed by atoms with Gasteiger partial charge in [-0.05, 0) is 54.4 Å². The fourth-order valence-corrected chi connectivity index (χ4v) is 4.19. The summed E-state index contributed by atoms with van der Waals surface area (Å²) in [5.41, 5.74) is 1.96. The van der Waals surface area contributed by atoms with Crippen molar-refractivity contribution in [1.82, 2.24) is 0 Å². The maximum absolute atomic E-state index is 2.49. The first kappa shape index (κ1) is 12.0. The van der Waals surface area contributed by atoms with Gasteiger partial charge in [0, 0.05) is 0 Å². The van der Waals surface area contributed by atoms with Gasteiger partial charge in [0.25, 0.3) is 0 Å². The summed E-state index contributed by atoms with van der Waals surface area (Å²) in [6.07, 6.45) is 10.4. The zero-order valence-corrected chi connectivity index (χ0v) is 11.6. The monoisotopic (exact) mass is 240 g/mol. The minimum absolute atomic E-state index is 0.628. The molecule has 0 radical (unpaired) electrons. The number of rotatable bonds is 3. The molecule has 1 unspecified atom stereocenters. The number of allylic oxidation sites excluding steroid dienone is 1. The molecule has 0 saturated heterocycles. The molecule has 0 aromatic heterocycles. The first-order chi connectivity index (χ1) is 8.68. The van der Waals surface area contributed by atoms with Crippen LogP contribution in [-0.4, -0.2) is 0 Å². The molecule has 96 valence electrons. The van der Waals surface area contributed by atoms with Crippen molar-refractivity contribution < 1.29 is 0 Å². The van der Waals surface area contributed by atoms with Gasteiger partial charge >= 0.3 is 0 Å². The van der Waals surface area contributed by atoms with Crippen LogP contribution in [-0.2, 0) is 0 Å². The molecule has 3 aliphatic rings. The zero-order valence-electron chi connectivity index (χ0n) is 11.6. The largest absolute Gasteiger partial charge is 0.0837 e. The minimum Gasteiger partial charge on any atom is -0.0837 e. The quantitative estimate of drug-likeness (QED) is 0.684. The molecular formula is C18H24. The molecule has 0 nitrogen and oxygen atoms in total. The second kappa shape index (κ2) is 4.57. The molecule has 3 fully saturated rings. The Labute approximate surface area is 111 Å². The molecule has 18 heavy (non-hydrogen) atoms. The molecular weight excluding hydrogens is 216 g/mol. The van der Waals surface area contributed by atoms with Gasteiger partial charge in [0.15, 0.2) is 0 Å². The first-order valence-electron chi connectivity index (χ1n) is 7.39. The highest BCUT2D eigenvalue weighted by molar-refractivity contribution is 5.48. The summed E-state index contributed by atoms with van der Waals surface area (Å²) in [6, 6.07) is 10.7. The second-order valence-electron chi connectivity index (χ2n) is 6.75. The molecule has 0 aliphatic heterocycles. The Bertz CT molecular complexity index is 425. The number of benzene rings is 1. The maximum atomic E-state index is 2.49. The lowest BCUT2D eigenvalue weighted by molar-refractivity contribution is -0.103. The molecule has 0 heterocycles. The van der Waals surface area contributed by atoms with Gasteiger partial charge in [-0.15, -0.1) is 0 Å². The fourth-order valence-electron chi connectivity index (χ4n) is 4.19. The highest BCUT2D eigenvalue weighted by Crippen LogP contribution is 2.62.